The fourth-order valence-corrected chi connectivity index (χ4v) is 2.17. The Kier molecular flexibility index (Phi) is 5.28. The van der Waals surface area contributed by atoms with Gasteiger partial charge in [-0.25, -0.2) is 9.97 Å². The molecule has 1 heterocycles. The monoisotopic (exact) mass is 284 g/mol. The highest BCUT2D eigenvalue weighted by molar-refractivity contribution is 5.60. The van der Waals surface area contributed by atoms with Gasteiger partial charge in [-0.1, -0.05) is 31.5 Å². The van der Waals surface area contributed by atoms with E-state index in [1.165, 1.54) is 5.56 Å². The van der Waals surface area contributed by atoms with Crippen LogP contribution in [-0.4, -0.2) is 23.1 Å². The molecule has 2 N–H and O–H groups in total. The van der Waals surface area contributed by atoms with Crippen molar-refractivity contribution < 1.29 is 0 Å². The van der Waals surface area contributed by atoms with Crippen LogP contribution < -0.4 is 10.6 Å². The van der Waals surface area contributed by atoms with E-state index in [0.29, 0.717) is 12.5 Å². The lowest BCUT2D eigenvalue weighted by molar-refractivity contribution is 0.788. The van der Waals surface area contributed by atoms with Crippen LogP contribution in [-0.2, 0) is 0 Å². The van der Waals surface area contributed by atoms with Crippen LogP contribution in [0.2, 0.25) is 0 Å². The molecule has 2 rings (SSSR count). The number of nitrogens with zero attached hydrogens (tertiary/aromatic N) is 3. The highest BCUT2D eigenvalue weighted by Gasteiger charge is 2.12. The van der Waals surface area contributed by atoms with Crippen molar-refractivity contribution in [1.82, 2.24) is 9.97 Å². The largest absolute Gasteiger partial charge is 0.330 e. The van der Waals surface area contributed by atoms with E-state index in [1.807, 2.05) is 0 Å². The molecular weight excluding hydrogens is 260 g/mol. The molecule has 4 nitrogen and oxygen atoms in total. The van der Waals surface area contributed by atoms with Crippen molar-refractivity contribution in [3.8, 4) is 0 Å². The van der Waals surface area contributed by atoms with Gasteiger partial charge in [0.1, 0.15) is 12.1 Å². The Morgan fingerprint density at radius 3 is 2.48 bits per heavy atom. The predicted molar refractivity (Wildman–Crippen MR) is 88.0 cm³/mol. The predicted octanol–water partition coefficient (Wildman–Crippen LogP) is 3.40. The van der Waals surface area contributed by atoms with Gasteiger partial charge in [-0.3, -0.25) is 0 Å². The molecule has 0 aliphatic heterocycles. The van der Waals surface area contributed by atoms with Gasteiger partial charge in [-0.15, -0.1) is 0 Å². The number of hydrogen-bond donors (Lipinski definition) is 1. The summed E-state index contributed by atoms with van der Waals surface area (Å²) in [5.74, 6) is 1.33. The van der Waals surface area contributed by atoms with Gasteiger partial charge >= 0.3 is 0 Å². The van der Waals surface area contributed by atoms with Crippen LogP contribution in [0.15, 0.2) is 36.7 Å². The van der Waals surface area contributed by atoms with Gasteiger partial charge < -0.3 is 10.6 Å². The first-order chi connectivity index (χ1) is 10.1. The van der Waals surface area contributed by atoms with Crippen molar-refractivity contribution in [2.75, 3.05) is 18.0 Å². The molecule has 4 heteroatoms. The fourth-order valence-electron chi connectivity index (χ4n) is 2.17. The molecule has 0 unspecified atom stereocenters. The van der Waals surface area contributed by atoms with Crippen molar-refractivity contribution in [2.45, 2.75) is 33.1 Å². The first-order valence-electron chi connectivity index (χ1n) is 7.48. The van der Waals surface area contributed by atoms with Gasteiger partial charge in [0, 0.05) is 24.0 Å². The Morgan fingerprint density at radius 2 is 1.86 bits per heavy atom. The van der Waals surface area contributed by atoms with Crippen molar-refractivity contribution in [2.24, 2.45) is 5.73 Å². The van der Waals surface area contributed by atoms with E-state index >= 15 is 0 Å². The molecule has 1 aromatic carbocycles. The molecule has 0 aliphatic carbocycles. The lowest BCUT2D eigenvalue weighted by Crippen LogP contribution is -2.22. The van der Waals surface area contributed by atoms with Crippen LogP contribution in [0.4, 0.5) is 11.5 Å². The van der Waals surface area contributed by atoms with Crippen molar-refractivity contribution >= 4 is 11.5 Å². The van der Waals surface area contributed by atoms with Crippen LogP contribution in [0, 0.1) is 6.92 Å². The summed E-state index contributed by atoms with van der Waals surface area (Å²) in [6.45, 7) is 7.90. The Labute approximate surface area is 127 Å². The number of nitrogens with two attached hydrogens (primary N) is 1. The van der Waals surface area contributed by atoms with Gasteiger partial charge in [0.05, 0.1) is 0 Å². The zero-order valence-electron chi connectivity index (χ0n) is 13.1. The van der Waals surface area contributed by atoms with Gasteiger partial charge in [0.25, 0.3) is 0 Å². The van der Waals surface area contributed by atoms with E-state index in [0.717, 1.165) is 30.2 Å². The first-order valence-corrected chi connectivity index (χ1v) is 7.48. The van der Waals surface area contributed by atoms with Gasteiger partial charge in [0.15, 0.2) is 0 Å². The molecule has 0 spiro atoms. The maximum Gasteiger partial charge on any atom is 0.136 e. The van der Waals surface area contributed by atoms with E-state index < -0.39 is 0 Å². The number of anilines is 2. The van der Waals surface area contributed by atoms with Crippen LogP contribution in [0.25, 0.3) is 0 Å². The zero-order valence-corrected chi connectivity index (χ0v) is 13.1. The number of aromatic nitrogens is 2. The lowest BCUT2D eigenvalue weighted by atomic mass is 10.1. The minimum atomic E-state index is 0.390. The Balaban J connectivity index is 2.35. The standard InChI is InChI=1S/C17H24N4/c1-13(2)16-11-17(20-12-19-16)21(10-4-9-18)15-7-5-14(3)6-8-15/h5-8,11-13H,4,9-10,18H2,1-3H3. The van der Waals surface area contributed by atoms with Crippen LogP contribution in [0.5, 0.6) is 0 Å². The Morgan fingerprint density at radius 1 is 1.14 bits per heavy atom. The highest BCUT2D eigenvalue weighted by atomic mass is 15.2. The summed E-state index contributed by atoms with van der Waals surface area (Å²) >= 11 is 0. The molecule has 0 saturated heterocycles. The summed E-state index contributed by atoms with van der Waals surface area (Å²) in [5, 5.41) is 0. The number of hydrogen-bond acceptors (Lipinski definition) is 4. The third-order valence-electron chi connectivity index (χ3n) is 3.47. The number of benzene rings is 1. The minimum Gasteiger partial charge on any atom is -0.330 e. The molecule has 0 bridgehead atoms. The van der Waals surface area contributed by atoms with Gasteiger partial charge in [0.2, 0.25) is 0 Å². The van der Waals surface area contributed by atoms with Gasteiger partial charge in [-0.2, -0.15) is 0 Å². The summed E-state index contributed by atoms with van der Waals surface area (Å²) in [6, 6.07) is 10.6. The lowest BCUT2D eigenvalue weighted by Gasteiger charge is -2.24. The molecule has 112 valence electrons. The third kappa shape index (κ3) is 4.02. The molecular formula is C17H24N4. The molecule has 0 saturated carbocycles. The maximum absolute atomic E-state index is 5.68. The molecule has 0 aliphatic rings. The number of rotatable bonds is 6. The SMILES string of the molecule is Cc1ccc(N(CCCN)c2cc(C(C)C)ncn2)cc1. The maximum atomic E-state index is 5.68. The smallest absolute Gasteiger partial charge is 0.136 e. The molecule has 0 fully saturated rings. The summed E-state index contributed by atoms with van der Waals surface area (Å²) in [5.41, 5.74) is 9.13. The van der Waals surface area contributed by atoms with E-state index in [9.17, 15) is 0 Å². The summed E-state index contributed by atoms with van der Waals surface area (Å²) < 4.78 is 0. The Hall–Kier alpha value is -1.94. The van der Waals surface area contributed by atoms with Gasteiger partial charge in [-0.05, 0) is 37.9 Å². The van der Waals surface area contributed by atoms with E-state index in [-0.39, 0.29) is 0 Å². The van der Waals surface area contributed by atoms with Crippen molar-refractivity contribution in [1.29, 1.82) is 0 Å². The van der Waals surface area contributed by atoms with Crippen LogP contribution in [0.1, 0.15) is 37.4 Å². The molecule has 1 aromatic heterocycles. The summed E-state index contributed by atoms with van der Waals surface area (Å²) in [7, 11) is 0. The molecule has 21 heavy (non-hydrogen) atoms. The fraction of sp³-hybridized carbons (Fsp3) is 0.412. The second-order valence-electron chi connectivity index (χ2n) is 5.59. The van der Waals surface area contributed by atoms with Crippen molar-refractivity contribution in [3.63, 3.8) is 0 Å². The first kappa shape index (κ1) is 15.4. The summed E-state index contributed by atoms with van der Waals surface area (Å²) in [4.78, 5) is 11.0. The molecule has 2 aromatic rings. The van der Waals surface area contributed by atoms with Crippen molar-refractivity contribution in [3.05, 3.63) is 47.9 Å². The second-order valence-corrected chi connectivity index (χ2v) is 5.59. The third-order valence-corrected chi connectivity index (χ3v) is 3.47. The topological polar surface area (TPSA) is 55.0 Å². The zero-order chi connectivity index (χ0) is 15.2. The Bertz CT molecular complexity index is 563. The van der Waals surface area contributed by atoms with E-state index in [1.54, 1.807) is 6.33 Å². The van der Waals surface area contributed by atoms with Crippen LogP contribution in [0.3, 0.4) is 0 Å². The normalized spacial score (nSPS) is 10.9. The molecule has 0 radical (unpaired) electrons. The molecule has 0 amide bonds. The van der Waals surface area contributed by atoms with E-state index in [2.05, 4.69) is 66.0 Å². The van der Waals surface area contributed by atoms with Crippen LogP contribution >= 0.6 is 0 Å². The second kappa shape index (κ2) is 7.18. The average molecular weight is 284 g/mol. The highest BCUT2D eigenvalue weighted by Crippen LogP contribution is 2.25. The average Bonchev–Trinajstić information content (AvgIpc) is 2.49. The minimum absolute atomic E-state index is 0.390. The summed E-state index contributed by atoms with van der Waals surface area (Å²) in [6.07, 6.45) is 2.57. The number of aryl methyl sites for hydroxylation is 1. The molecule has 0 atom stereocenters. The quantitative estimate of drug-likeness (QED) is 0.883. The van der Waals surface area contributed by atoms with E-state index in [4.69, 9.17) is 5.73 Å².